The summed E-state index contributed by atoms with van der Waals surface area (Å²) in [6.07, 6.45) is 1.80. The highest BCUT2D eigenvalue weighted by Gasteiger charge is 2.36. The highest BCUT2D eigenvalue weighted by molar-refractivity contribution is 6.30. The Labute approximate surface area is 198 Å². The molecule has 1 fully saturated rings. The summed E-state index contributed by atoms with van der Waals surface area (Å²) in [5.41, 5.74) is 1.38. The van der Waals surface area contributed by atoms with Gasteiger partial charge in [-0.1, -0.05) is 17.7 Å². The van der Waals surface area contributed by atoms with Crippen LogP contribution in [0, 0.1) is 0 Å². The maximum absolute atomic E-state index is 13.2. The van der Waals surface area contributed by atoms with Crippen LogP contribution in [0.5, 0.6) is 11.5 Å². The van der Waals surface area contributed by atoms with Gasteiger partial charge in [-0.05, 0) is 63.4 Å². The van der Waals surface area contributed by atoms with E-state index in [1.165, 1.54) is 0 Å². The van der Waals surface area contributed by atoms with Crippen LogP contribution in [-0.2, 0) is 11.3 Å². The van der Waals surface area contributed by atoms with E-state index in [1.54, 1.807) is 35.2 Å². The van der Waals surface area contributed by atoms with Crippen molar-refractivity contribution in [1.82, 2.24) is 9.80 Å². The summed E-state index contributed by atoms with van der Waals surface area (Å²) in [4.78, 5) is 40.4. The van der Waals surface area contributed by atoms with Crippen LogP contribution >= 0.6 is 11.6 Å². The normalized spacial score (nSPS) is 16.5. The second-order valence-corrected chi connectivity index (χ2v) is 9.79. The zero-order chi connectivity index (χ0) is 23.8. The molecule has 2 amide bonds. The third kappa shape index (κ3) is 5.14. The molecule has 2 aromatic carbocycles. The van der Waals surface area contributed by atoms with Crippen LogP contribution in [0.4, 0.5) is 4.79 Å². The molecule has 33 heavy (non-hydrogen) atoms. The molecule has 0 spiro atoms. The van der Waals surface area contributed by atoms with Gasteiger partial charge in [-0.15, -0.1) is 0 Å². The fourth-order valence-electron chi connectivity index (χ4n) is 4.17. The average molecular weight is 471 g/mol. The van der Waals surface area contributed by atoms with Crippen molar-refractivity contribution in [2.45, 2.75) is 51.8 Å². The van der Waals surface area contributed by atoms with Crippen molar-refractivity contribution < 1.29 is 23.9 Å². The fourth-order valence-corrected chi connectivity index (χ4v) is 4.33. The zero-order valence-corrected chi connectivity index (χ0v) is 19.7. The van der Waals surface area contributed by atoms with Gasteiger partial charge < -0.3 is 19.3 Å². The van der Waals surface area contributed by atoms with Crippen molar-refractivity contribution in [2.24, 2.45) is 0 Å². The highest BCUT2D eigenvalue weighted by Crippen LogP contribution is 2.34. The van der Waals surface area contributed by atoms with Gasteiger partial charge in [0, 0.05) is 42.3 Å². The van der Waals surface area contributed by atoms with Gasteiger partial charge in [0.25, 0.3) is 5.91 Å². The number of halogens is 1. The minimum absolute atomic E-state index is 0.0483. The molecule has 0 aliphatic carbocycles. The van der Waals surface area contributed by atoms with Gasteiger partial charge in [-0.2, -0.15) is 0 Å². The minimum Gasteiger partial charge on any atom is -0.457 e. The van der Waals surface area contributed by atoms with E-state index in [0.717, 1.165) is 5.56 Å². The van der Waals surface area contributed by atoms with Crippen LogP contribution in [0.15, 0.2) is 36.4 Å². The Kier molecular flexibility index (Phi) is 6.34. The number of fused-ring (bicyclic) bond motifs is 1. The Morgan fingerprint density at radius 3 is 2.52 bits per heavy atom. The summed E-state index contributed by atoms with van der Waals surface area (Å²) in [7, 11) is 0. The Bertz CT molecular complexity index is 1090. The van der Waals surface area contributed by atoms with E-state index in [-0.39, 0.29) is 18.0 Å². The van der Waals surface area contributed by atoms with Gasteiger partial charge in [0.1, 0.15) is 17.1 Å². The lowest BCUT2D eigenvalue weighted by Crippen LogP contribution is -2.48. The van der Waals surface area contributed by atoms with Gasteiger partial charge in [0.15, 0.2) is 6.29 Å². The minimum atomic E-state index is -0.530. The summed E-state index contributed by atoms with van der Waals surface area (Å²) >= 11 is 6.03. The molecule has 0 aromatic heterocycles. The third-order valence-electron chi connectivity index (χ3n) is 5.80. The second-order valence-electron chi connectivity index (χ2n) is 9.35. The fraction of sp³-hybridized carbons (Fsp3) is 0.400. The number of rotatable bonds is 4. The molecule has 0 saturated carbocycles. The highest BCUT2D eigenvalue weighted by atomic mass is 35.5. The first-order valence-electron chi connectivity index (χ1n) is 11.0. The van der Waals surface area contributed by atoms with Gasteiger partial charge in [0.2, 0.25) is 0 Å². The van der Waals surface area contributed by atoms with E-state index in [4.69, 9.17) is 21.1 Å². The third-order valence-corrected chi connectivity index (χ3v) is 6.04. The van der Waals surface area contributed by atoms with E-state index in [1.807, 2.05) is 31.7 Å². The number of likely N-dealkylation sites (tertiary alicyclic amines) is 1. The number of amides is 2. The number of carbonyl (C=O) groups is 3. The van der Waals surface area contributed by atoms with E-state index < -0.39 is 5.60 Å². The monoisotopic (exact) mass is 470 g/mol. The molecule has 2 aromatic rings. The molecule has 0 bridgehead atoms. The lowest BCUT2D eigenvalue weighted by Gasteiger charge is -2.37. The summed E-state index contributed by atoms with van der Waals surface area (Å²) in [5, 5.41) is 0.455. The molecule has 0 unspecified atom stereocenters. The first kappa shape index (κ1) is 23.1. The standard InChI is InChI=1S/C25H27ClN2O5/c1-25(2,3)33-24(31)27-10-8-19(9-11-27)28-14-16-5-7-20(13-21(16)23(28)30)32-22-12-18(26)6-4-17(22)15-29/h4-7,12-13,15,19H,8-11,14H2,1-3H3. The number of nitrogens with zero attached hydrogens (tertiary/aromatic N) is 2. The Hall–Kier alpha value is -3.06. The maximum Gasteiger partial charge on any atom is 0.410 e. The predicted octanol–water partition coefficient (Wildman–Crippen LogP) is 5.30. The Balaban J connectivity index is 1.42. The number of hydrogen-bond donors (Lipinski definition) is 0. The quantitative estimate of drug-likeness (QED) is 0.567. The largest absolute Gasteiger partial charge is 0.457 e. The lowest BCUT2D eigenvalue weighted by atomic mass is 10.0. The Morgan fingerprint density at radius 1 is 1.12 bits per heavy atom. The molecule has 0 atom stereocenters. The zero-order valence-electron chi connectivity index (χ0n) is 19.0. The first-order valence-corrected chi connectivity index (χ1v) is 11.4. The summed E-state index contributed by atoms with van der Waals surface area (Å²) in [6.45, 7) is 7.18. The van der Waals surface area contributed by atoms with Crippen LogP contribution in [0.3, 0.4) is 0 Å². The first-order chi connectivity index (χ1) is 15.6. The second kappa shape index (κ2) is 9.06. The Morgan fingerprint density at radius 2 is 1.85 bits per heavy atom. The van der Waals surface area contributed by atoms with Gasteiger partial charge in [-0.3, -0.25) is 9.59 Å². The molecule has 4 rings (SSSR count). The molecule has 2 aliphatic rings. The summed E-state index contributed by atoms with van der Waals surface area (Å²) in [5.74, 6) is 0.760. The van der Waals surface area contributed by atoms with Crippen LogP contribution in [0.25, 0.3) is 0 Å². The lowest BCUT2D eigenvalue weighted by molar-refractivity contribution is 0.0148. The van der Waals surface area contributed by atoms with E-state index >= 15 is 0 Å². The summed E-state index contributed by atoms with van der Waals surface area (Å²) in [6, 6.07) is 10.2. The van der Waals surface area contributed by atoms with Crippen molar-refractivity contribution >= 4 is 29.9 Å². The summed E-state index contributed by atoms with van der Waals surface area (Å²) < 4.78 is 11.3. The number of benzene rings is 2. The molecule has 2 aliphatic heterocycles. The molecule has 0 radical (unpaired) electrons. The van der Waals surface area contributed by atoms with Gasteiger partial charge >= 0.3 is 6.09 Å². The van der Waals surface area contributed by atoms with E-state index in [9.17, 15) is 14.4 Å². The van der Waals surface area contributed by atoms with Crippen LogP contribution < -0.4 is 4.74 Å². The molecular formula is C25H27ClN2O5. The molecule has 7 nitrogen and oxygen atoms in total. The molecule has 8 heteroatoms. The molecule has 1 saturated heterocycles. The van der Waals surface area contributed by atoms with Crippen LogP contribution in [0.2, 0.25) is 5.02 Å². The number of ether oxygens (including phenoxy) is 2. The molecular weight excluding hydrogens is 444 g/mol. The van der Waals surface area contributed by atoms with E-state index in [2.05, 4.69) is 0 Å². The van der Waals surface area contributed by atoms with Crippen molar-refractivity contribution in [2.75, 3.05) is 13.1 Å². The number of piperidine rings is 1. The van der Waals surface area contributed by atoms with Crippen molar-refractivity contribution in [3.63, 3.8) is 0 Å². The SMILES string of the molecule is CC(C)(C)OC(=O)N1CCC(N2Cc3ccc(Oc4cc(Cl)ccc4C=O)cc3C2=O)CC1. The van der Waals surface area contributed by atoms with Crippen molar-refractivity contribution in [3.05, 3.63) is 58.1 Å². The average Bonchev–Trinajstić information content (AvgIpc) is 3.09. The van der Waals surface area contributed by atoms with Crippen molar-refractivity contribution in [1.29, 1.82) is 0 Å². The topological polar surface area (TPSA) is 76.2 Å². The molecule has 2 heterocycles. The van der Waals surface area contributed by atoms with Crippen molar-refractivity contribution in [3.8, 4) is 11.5 Å². The van der Waals surface area contributed by atoms with Gasteiger partial charge in [0.05, 0.1) is 5.56 Å². The molecule has 174 valence electrons. The number of hydrogen-bond acceptors (Lipinski definition) is 5. The van der Waals surface area contributed by atoms with Gasteiger partial charge in [-0.25, -0.2) is 4.79 Å². The number of aldehydes is 1. The smallest absolute Gasteiger partial charge is 0.410 e. The van der Waals surface area contributed by atoms with Crippen LogP contribution in [-0.4, -0.2) is 52.8 Å². The van der Waals surface area contributed by atoms with E-state index in [0.29, 0.717) is 66.4 Å². The number of carbonyl (C=O) groups excluding carboxylic acids is 3. The molecule has 0 N–H and O–H groups in total. The maximum atomic E-state index is 13.2. The predicted molar refractivity (Wildman–Crippen MR) is 124 cm³/mol. The van der Waals surface area contributed by atoms with Crippen LogP contribution in [0.1, 0.15) is 59.9 Å².